The molecular formula is C40H46F3N5O3S. The van der Waals surface area contributed by atoms with Crippen LogP contribution in [0.2, 0.25) is 0 Å². The molecule has 0 saturated heterocycles. The van der Waals surface area contributed by atoms with Crippen LogP contribution in [0.1, 0.15) is 68.3 Å². The van der Waals surface area contributed by atoms with Gasteiger partial charge in [0.1, 0.15) is 17.6 Å². The third-order valence-corrected chi connectivity index (χ3v) is 10.5. The van der Waals surface area contributed by atoms with Crippen LogP contribution in [0.15, 0.2) is 84.8 Å². The van der Waals surface area contributed by atoms with E-state index in [4.69, 9.17) is 4.74 Å². The molecule has 276 valence electrons. The van der Waals surface area contributed by atoms with Crippen molar-refractivity contribution in [1.82, 2.24) is 24.8 Å². The summed E-state index contributed by atoms with van der Waals surface area (Å²) >= 11 is 1.72. The van der Waals surface area contributed by atoms with Crippen molar-refractivity contribution in [2.45, 2.75) is 76.8 Å². The third kappa shape index (κ3) is 9.58. The van der Waals surface area contributed by atoms with Crippen LogP contribution in [-0.4, -0.2) is 68.5 Å². The molecule has 0 aliphatic heterocycles. The van der Waals surface area contributed by atoms with Crippen LogP contribution in [0, 0.1) is 5.92 Å². The quantitative estimate of drug-likeness (QED) is 0.118. The van der Waals surface area contributed by atoms with Gasteiger partial charge in [0.05, 0.1) is 11.7 Å². The van der Waals surface area contributed by atoms with Gasteiger partial charge in [-0.3, -0.25) is 0 Å². The predicted octanol–water partition coefficient (Wildman–Crippen LogP) is 8.54. The predicted molar refractivity (Wildman–Crippen MR) is 198 cm³/mol. The molecular weight excluding hydrogens is 688 g/mol. The third-order valence-electron chi connectivity index (χ3n) is 9.48. The van der Waals surface area contributed by atoms with Crippen LogP contribution in [0.25, 0.3) is 21.5 Å². The molecule has 1 amide bonds. The molecule has 1 fully saturated rings. The molecule has 5 aromatic rings. The van der Waals surface area contributed by atoms with Crippen molar-refractivity contribution in [2.75, 3.05) is 26.2 Å². The Morgan fingerprint density at radius 1 is 1.04 bits per heavy atom. The van der Waals surface area contributed by atoms with Gasteiger partial charge in [-0.15, -0.1) is 11.3 Å². The van der Waals surface area contributed by atoms with Crippen LogP contribution in [0.3, 0.4) is 0 Å². The largest absolute Gasteiger partial charge is 0.444 e. The number of alkyl halides is 3. The number of halogens is 3. The fraction of sp³-hybridized carbons (Fsp3) is 0.425. The number of hydrogen-bond donors (Lipinski definition) is 2. The first-order valence-corrected chi connectivity index (χ1v) is 18.7. The topological polar surface area (TPSA) is 92.5 Å². The number of fused-ring (bicyclic) bond motifs is 1. The van der Waals surface area contributed by atoms with Gasteiger partial charge in [0.25, 0.3) is 0 Å². The summed E-state index contributed by atoms with van der Waals surface area (Å²) in [5.74, 6) is 0.0496. The van der Waals surface area contributed by atoms with Crippen LogP contribution < -0.4 is 5.32 Å². The molecule has 2 N–H and O–H groups in total. The summed E-state index contributed by atoms with van der Waals surface area (Å²) in [5.41, 5.74) is 3.84. The molecule has 0 unspecified atom stereocenters. The Bertz CT molecular complexity index is 1920. The summed E-state index contributed by atoms with van der Waals surface area (Å²) in [7, 11) is 0. The number of amides is 1. The van der Waals surface area contributed by atoms with E-state index in [0.29, 0.717) is 51.0 Å². The molecule has 2 aromatic carbocycles. The molecule has 1 saturated carbocycles. The highest BCUT2D eigenvalue weighted by Gasteiger charge is 2.35. The van der Waals surface area contributed by atoms with Crippen molar-refractivity contribution in [3.05, 3.63) is 107 Å². The monoisotopic (exact) mass is 733 g/mol. The van der Waals surface area contributed by atoms with Gasteiger partial charge in [-0.05, 0) is 106 Å². The molecule has 1 aliphatic rings. The Morgan fingerprint density at radius 2 is 1.81 bits per heavy atom. The van der Waals surface area contributed by atoms with Gasteiger partial charge < -0.3 is 24.6 Å². The number of hydrogen-bond acceptors (Lipinski definition) is 7. The number of aliphatic hydroxyl groups excluding tert-OH is 1. The maximum atomic E-state index is 13.0. The molecule has 3 heterocycles. The molecule has 1 aliphatic carbocycles. The van der Waals surface area contributed by atoms with E-state index in [1.54, 1.807) is 43.3 Å². The number of aromatic nitrogens is 3. The number of rotatable bonds is 13. The molecule has 0 radical (unpaired) electrons. The number of aliphatic hydroxyl groups is 1. The highest BCUT2D eigenvalue weighted by atomic mass is 32.1. The summed E-state index contributed by atoms with van der Waals surface area (Å²) in [6.07, 6.45) is 3.64. The van der Waals surface area contributed by atoms with Crippen molar-refractivity contribution < 1.29 is 27.8 Å². The first-order chi connectivity index (χ1) is 24.8. The second kappa shape index (κ2) is 16.2. The van der Waals surface area contributed by atoms with Crippen LogP contribution in [0.4, 0.5) is 18.0 Å². The van der Waals surface area contributed by atoms with E-state index in [1.165, 1.54) is 28.1 Å². The smallest absolute Gasteiger partial charge is 0.416 e. The van der Waals surface area contributed by atoms with E-state index in [-0.39, 0.29) is 12.0 Å². The Hall–Kier alpha value is -4.26. The van der Waals surface area contributed by atoms with E-state index in [2.05, 4.69) is 61.8 Å². The Kier molecular flexibility index (Phi) is 11.7. The van der Waals surface area contributed by atoms with E-state index >= 15 is 0 Å². The second-order valence-electron chi connectivity index (χ2n) is 14.6. The summed E-state index contributed by atoms with van der Waals surface area (Å²) < 4.78 is 46.8. The SMILES string of the molecule is CC(C)(C)OC(=O)N(CCCNC[C@H]1C[C@@H](n2cc(-c3cc(Cc4ccccc4)cs3)c3cncnc32)C[C@@H]1O)CCc1ccc(C(F)(F)F)cc1. The maximum Gasteiger partial charge on any atom is 0.416 e. The van der Waals surface area contributed by atoms with Crippen molar-refractivity contribution in [3.63, 3.8) is 0 Å². The summed E-state index contributed by atoms with van der Waals surface area (Å²) in [4.78, 5) is 24.8. The van der Waals surface area contributed by atoms with E-state index < -0.39 is 29.5 Å². The zero-order valence-corrected chi connectivity index (χ0v) is 30.6. The highest BCUT2D eigenvalue weighted by Crippen LogP contribution is 2.41. The number of nitrogens with one attached hydrogen (secondary N) is 1. The fourth-order valence-electron chi connectivity index (χ4n) is 6.85. The van der Waals surface area contributed by atoms with Gasteiger partial charge in [0, 0.05) is 53.9 Å². The average molecular weight is 734 g/mol. The summed E-state index contributed by atoms with van der Waals surface area (Å²) in [5, 5.41) is 17.8. The lowest BCUT2D eigenvalue weighted by Crippen LogP contribution is -2.39. The number of carbonyl (C=O) groups excluding carboxylic acids is 1. The molecule has 12 heteroatoms. The van der Waals surface area contributed by atoms with Gasteiger partial charge in [0.15, 0.2) is 0 Å². The Labute approximate surface area is 306 Å². The number of thiophene rings is 1. The van der Waals surface area contributed by atoms with Gasteiger partial charge >= 0.3 is 12.3 Å². The van der Waals surface area contributed by atoms with Crippen LogP contribution >= 0.6 is 11.3 Å². The van der Waals surface area contributed by atoms with E-state index in [0.717, 1.165) is 41.6 Å². The van der Waals surface area contributed by atoms with Gasteiger partial charge in [-0.1, -0.05) is 42.5 Å². The van der Waals surface area contributed by atoms with Crippen LogP contribution in [-0.2, 0) is 23.8 Å². The highest BCUT2D eigenvalue weighted by molar-refractivity contribution is 7.13. The zero-order chi connectivity index (χ0) is 36.9. The first-order valence-electron chi connectivity index (χ1n) is 17.8. The minimum absolute atomic E-state index is 0.0496. The lowest BCUT2D eigenvalue weighted by atomic mass is 10.1. The van der Waals surface area contributed by atoms with Gasteiger partial charge in [-0.25, -0.2) is 14.8 Å². The molecule has 3 aromatic heterocycles. The fourth-order valence-corrected chi connectivity index (χ4v) is 7.79. The minimum atomic E-state index is -4.39. The van der Waals surface area contributed by atoms with Crippen molar-refractivity contribution in [3.8, 4) is 10.4 Å². The van der Waals surface area contributed by atoms with Crippen molar-refractivity contribution in [1.29, 1.82) is 0 Å². The Morgan fingerprint density at radius 3 is 2.54 bits per heavy atom. The number of nitrogens with zero attached hydrogens (tertiary/aromatic N) is 4. The van der Waals surface area contributed by atoms with E-state index in [9.17, 15) is 23.1 Å². The maximum absolute atomic E-state index is 13.0. The van der Waals surface area contributed by atoms with E-state index in [1.807, 2.05) is 12.3 Å². The number of carbonyl (C=O) groups is 1. The normalized spacial score (nSPS) is 17.9. The Balaban J connectivity index is 1.03. The zero-order valence-electron chi connectivity index (χ0n) is 29.8. The lowest BCUT2D eigenvalue weighted by Gasteiger charge is -2.27. The molecule has 0 bridgehead atoms. The lowest BCUT2D eigenvalue weighted by molar-refractivity contribution is -0.137. The minimum Gasteiger partial charge on any atom is -0.444 e. The van der Waals surface area contributed by atoms with Gasteiger partial charge in [0.2, 0.25) is 0 Å². The summed E-state index contributed by atoms with van der Waals surface area (Å²) in [6.45, 7) is 7.40. The molecule has 52 heavy (non-hydrogen) atoms. The van der Waals surface area contributed by atoms with Crippen molar-refractivity contribution in [2.24, 2.45) is 5.92 Å². The molecule has 6 rings (SSSR count). The molecule has 3 atom stereocenters. The second-order valence-corrected chi connectivity index (χ2v) is 15.5. The average Bonchev–Trinajstić information content (AvgIpc) is 3.82. The number of benzene rings is 2. The van der Waals surface area contributed by atoms with Crippen LogP contribution in [0.5, 0.6) is 0 Å². The first kappa shape index (κ1) is 37.5. The van der Waals surface area contributed by atoms with Crippen molar-refractivity contribution >= 4 is 28.5 Å². The molecule has 0 spiro atoms. The molecule has 8 nitrogen and oxygen atoms in total. The summed E-state index contributed by atoms with van der Waals surface area (Å²) in [6, 6.07) is 17.8. The standard InChI is InChI=1S/C40H46F3N5O3S/c1-39(2,3)51-38(50)47(17-14-27-10-12-31(13-11-27)40(41,42)43)16-7-15-44-22-30-20-32(21-35(30)49)48-24-34(33-23-45-26-46-37(33)48)36-19-29(25-52-36)18-28-8-5-4-6-9-28/h4-6,8-13,19,23-26,30,32,35,44,49H,7,14-18,20-22H2,1-3H3/t30-,32-,35+/m1/s1. The number of ether oxygens (including phenoxy) is 1. The van der Waals surface area contributed by atoms with Gasteiger partial charge in [-0.2, -0.15) is 13.2 Å².